The van der Waals surface area contributed by atoms with Gasteiger partial charge in [-0.3, -0.25) is 4.79 Å². The SMILES string of the molecule is CN1CC(c2ccccc2)C2(CCN(C(=O)N3CCOCC3)CC2)C1=O. The molecule has 6 heteroatoms. The summed E-state index contributed by atoms with van der Waals surface area (Å²) in [5, 5.41) is 0. The maximum absolute atomic E-state index is 13.0. The van der Waals surface area contributed by atoms with Crippen LogP contribution in [0.4, 0.5) is 4.79 Å². The molecule has 3 aliphatic rings. The first-order valence-electron chi connectivity index (χ1n) is 9.54. The molecule has 1 aromatic rings. The van der Waals surface area contributed by atoms with E-state index in [0.29, 0.717) is 39.4 Å². The van der Waals surface area contributed by atoms with Gasteiger partial charge in [0.15, 0.2) is 0 Å². The van der Waals surface area contributed by atoms with Crippen LogP contribution in [0.15, 0.2) is 30.3 Å². The van der Waals surface area contributed by atoms with Gasteiger partial charge in [-0.2, -0.15) is 0 Å². The maximum Gasteiger partial charge on any atom is 0.320 e. The van der Waals surface area contributed by atoms with Crippen molar-refractivity contribution >= 4 is 11.9 Å². The lowest BCUT2D eigenvalue weighted by Crippen LogP contribution is -2.53. The predicted molar refractivity (Wildman–Crippen MR) is 97.8 cm³/mol. The van der Waals surface area contributed by atoms with Crippen molar-refractivity contribution in [3.8, 4) is 0 Å². The fourth-order valence-electron chi connectivity index (χ4n) is 4.78. The Morgan fingerprint density at radius 2 is 1.65 bits per heavy atom. The van der Waals surface area contributed by atoms with Gasteiger partial charge in [-0.05, 0) is 18.4 Å². The van der Waals surface area contributed by atoms with Gasteiger partial charge >= 0.3 is 6.03 Å². The van der Waals surface area contributed by atoms with E-state index in [1.54, 1.807) is 0 Å². The molecule has 3 amide bonds. The lowest BCUT2D eigenvalue weighted by molar-refractivity contribution is -0.137. The fraction of sp³-hybridized carbons (Fsp3) is 0.600. The van der Waals surface area contributed by atoms with Crippen LogP contribution in [0, 0.1) is 5.41 Å². The van der Waals surface area contributed by atoms with E-state index < -0.39 is 0 Å². The van der Waals surface area contributed by atoms with Crippen LogP contribution in [0.5, 0.6) is 0 Å². The fourth-order valence-corrected chi connectivity index (χ4v) is 4.78. The molecule has 1 spiro atoms. The minimum absolute atomic E-state index is 0.0956. The van der Waals surface area contributed by atoms with Gasteiger partial charge in [-0.15, -0.1) is 0 Å². The van der Waals surface area contributed by atoms with E-state index in [2.05, 4.69) is 12.1 Å². The number of amides is 3. The Kier molecular flexibility index (Phi) is 4.61. The summed E-state index contributed by atoms with van der Waals surface area (Å²) in [5.74, 6) is 0.451. The third kappa shape index (κ3) is 2.86. The van der Waals surface area contributed by atoms with E-state index in [1.807, 2.05) is 39.9 Å². The Morgan fingerprint density at radius 3 is 2.31 bits per heavy atom. The topological polar surface area (TPSA) is 53.1 Å². The van der Waals surface area contributed by atoms with Crippen LogP contribution in [0.3, 0.4) is 0 Å². The van der Waals surface area contributed by atoms with Gasteiger partial charge in [0.1, 0.15) is 0 Å². The average Bonchev–Trinajstić information content (AvgIpc) is 2.94. The Labute approximate surface area is 154 Å². The summed E-state index contributed by atoms with van der Waals surface area (Å²) in [6.45, 7) is 4.62. The molecule has 140 valence electrons. The summed E-state index contributed by atoms with van der Waals surface area (Å²) < 4.78 is 5.34. The van der Waals surface area contributed by atoms with Crippen molar-refractivity contribution in [2.24, 2.45) is 5.41 Å². The molecule has 1 atom stereocenters. The number of nitrogens with zero attached hydrogens (tertiary/aromatic N) is 3. The Hall–Kier alpha value is -2.08. The second-order valence-corrected chi connectivity index (χ2v) is 7.67. The highest BCUT2D eigenvalue weighted by Crippen LogP contribution is 2.50. The highest BCUT2D eigenvalue weighted by molar-refractivity contribution is 5.87. The van der Waals surface area contributed by atoms with Crippen molar-refractivity contribution < 1.29 is 14.3 Å². The molecule has 1 unspecified atom stereocenters. The monoisotopic (exact) mass is 357 g/mol. The van der Waals surface area contributed by atoms with E-state index in [0.717, 1.165) is 19.4 Å². The largest absolute Gasteiger partial charge is 0.378 e. The number of carbonyl (C=O) groups excluding carboxylic acids is 2. The highest BCUT2D eigenvalue weighted by Gasteiger charge is 2.54. The third-order valence-electron chi connectivity index (χ3n) is 6.31. The minimum Gasteiger partial charge on any atom is -0.378 e. The molecule has 0 aliphatic carbocycles. The summed E-state index contributed by atoms with van der Waals surface area (Å²) in [4.78, 5) is 31.5. The van der Waals surface area contributed by atoms with Crippen LogP contribution in [0.1, 0.15) is 24.3 Å². The molecule has 0 saturated carbocycles. The van der Waals surface area contributed by atoms with Crippen LogP contribution < -0.4 is 0 Å². The first-order valence-corrected chi connectivity index (χ1v) is 9.54. The van der Waals surface area contributed by atoms with Crippen molar-refractivity contribution in [2.75, 3.05) is 53.0 Å². The molecular formula is C20H27N3O3. The molecule has 1 aromatic carbocycles. The molecule has 3 aliphatic heterocycles. The van der Waals surface area contributed by atoms with Crippen LogP contribution in [0.25, 0.3) is 0 Å². The normalized spacial score (nSPS) is 25.8. The van der Waals surface area contributed by atoms with Crippen molar-refractivity contribution in [3.05, 3.63) is 35.9 Å². The molecule has 0 bridgehead atoms. The summed E-state index contributed by atoms with van der Waals surface area (Å²) in [5.41, 5.74) is 0.871. The smallest absolute Gasteiger partial charge is 0.320 e. The first-order chi connectivity index (χ1) is 12.6. The molecule has 0 radical (unpaired) electrons. The zero-order chi connectivity index (χ0) is 18.1. The number of hydrogen-bond donors (Lipinski definition) is 0. The van der Waals surface area contributed by atoms with E-state index in [-0.39, 0.29) is 23.3 Å². The molecule has 3 saturated heterocycles. The summed E-state index contributed by atoms with van der Waals surface area (Å²) in [6, 6.07) is 10.5. The van der Waals surface area contributed by atoms with Gasteiger partial charge in [0.05, 0.1) is 18.6 Å². The average molecular weight is 357 g/mol. The van der Waals surface area contributed by atoms with Gasteiger partial charge in [-0.25, -0.2) is 4.79 Å². The van der Waals surface area contributed by atoms with Crippen LogP contribution in [-0.4, -0.2) is 79.6 Å². The number of ether oxygens (including phenoxy) is 1. The summed E-state index contributed by atoms with van der Waals surface area (Å²) in [7, 11) is 1.90. The van der Waals surface area contributed by atoms with E-state index in [9.17, 15) is 9.59 Å². The predicted octanol–water partition coefficient (Wildman–Crippen LogP) is 1.78. The Bertz CT molecular complexity index is 664. The van der Waals surface area contributed by atoms with Crippen molar-refractivity contribution in [3.63, 3.8) is 0 Å². The number of likely N-dealkylation sites (N-methyl/N-ethyl adjacent to an activating group) is 1. The van der Waals surface area contributed by atoms with Gasteiger partial charge < -0.3 is 19.4 Å². The number of piperidine rings is 1. The van der Waals surface area contributed by atoms with Gasteiger partial charge in [0, 0.05) is 45.7 Å². The number of benzene rings is 1. The zero-order valence-corrected chi connectivity index (χ0v) is 15.4. The van der Waals surface area contributed by atoms with Crippen molar-refractivity contribution in [1.29, 1.82) is 0 Å². The van der Waals surface area contributed by atoms with Crippen LogP contribution in [-0.2, 0) is 9.53 Å². The van der Waals surface area contributed by atoms with E-state index >= 15 is 0 Å². The quantitative estimate of drug-likeness (QED) is 0.770. The second-order valence-electron chi connectivity index (χ2n) is 7.67. The van der Waals surface area contributed by atoms with Gasteiger partial charge in [0.25, 0.3) is 0 Å². The Balaban J connectivity index is 1.50. The molecule has 3 heterocycles. The van der Waals surface area contributed by atoms with Crippen LogP contribution >= 0.6 is 0 Å². The minimum atomic E-state index is -0.363. The highest BCUT2D eigenvalue weighted by atomic mass is 16.5. The number of rotatable bonds is 1. The number of urea groups is 1. The zero-order valence-electron chi connectivity index (χ0n) is 15.4. The molecule has 3 fully saturated rings. The molecule has 26 heavy (non-hydrogen) atoms. The van der Waals surface area contributed by atoms with Crippen molar-refractivity contribution in [2.45, 2.75) is 18.8 Å². The lowest BCUT2D eigenvalue weighted by atomic mass is 9.68. The third-order valence-corrected chi connectivity index (χ3v) is 6.31. The molecular weight excluding hydrogens is 330 g/mol. The number of morpholine rings is 1. The number of likely N-dealkylation sites (tertiary alicyclic amines) is 2. The van der Waals surface area contributed by atoms with Crippen LogP contribution in [0.2, 0.25) is 0 Å². The van der Waals surface area contributed by atoms with E-state index in [4.69, 9.17) is 4.74 Å². The first kappa shape index (κ1) is 17.3. The molecule has 4 rings (SSSR count). The lowest BCUT2D eigenvalue weighted by Gasteiger charge is -2.43. The molecule has 6 nitrogen and oxygen atoms in total. The number of carbonyl (C=O) groups is 2. The second kappa shape index (κ2) is 6.91. The standard InChI is InChI=1S/C20H27N3O3/c1-21-15-17(16-5-3-2-4-6-16)20(18(21)24)7-9-22(10-8-20)19(25)23-11-13-26-14-12-23/h2-6,17H,7-15H2,1H3. The van der Waals surface area contributed by atoms with Gasteiger partial charge in [0.2, 0.25) is 5.91 Å². The molecule has 0 N–H and O–H groups in total. The van der Waals surface area contributed by atoms with Gasteiger partial charge in [-0.1, -0.05) is 30.3 Å². The van der Waals surface area contributed by atoms with E-state index in [1.165, 1.54) is 5.56 Å². The maximum atomic E-state index is 13.0. The van der Waals surface area contributed by atoms with Crippen molar-refractivity contribution in [1.82, 2.24) is 14.7 Å². The summed E-state index contributed by atoms with van der Waals surface area (Å²) in [6.07, 6.45) is 1.48. The molecule has 0 aromatic heterocycles. The summed E-state index contributed by atoms with van der Waals surface area (Å²) >= 11 is 0. The Morgan fingerprint density at radius 1 is 1.04 bits per heavy atom. The number of hydrogen-bond acceptors (Lipinski definition) is 3.